The standard InChI is InChI=1S/C18H22ClFN2O3S/c1-4-22(12-14-8-10-15(25-3)11-9-14)26(23,24)21(2)13-16-17(19)6-5-7-18(16)20/h5-11H,4,12-13H2,1-3H3. The summed E-state index contributed by atoms with van der Waals surface area (Å²) in [6, 6.07) is 11.5. The van der Waals surface area contributed by atoms with Crippen LogP contribution < -0.4 is 4.74 Å². The molecule has 142 valence electrons. The van der Waals surface area contributed by atoms with Crippen LogP contribution in [0.1, 0.15) is 18.1 Å². The van der Waals surface area contributed by atoms with Crippen LogP contribution in [0.3, 0.4) is 0 Å². The van der Waals surface area contributed by atoms with Crippen molar-refractivity contribution in [2.24, 2.45) is 0 Å². The average molecular weight is 401 g/mol. The van der Waals surface area contributed by atoms with E-state index in [2.05, 4.69) is 0 Å². The third-order valence-electron chi connectivity index (χ3n) is 4.03. The predicted octanol–water partition coefficient (Wildman–Crippen LogP) is 3.69. The van der Waals surface area contributed by atoms with Crippen molar-refractivity contribution in [1.29, 1.82) is 0 Å². The third kappa shape index (κ3) is 4.73. The molecule has 0 saturated carbocycles. The molecule has 8 heteroatoms. The first-order chi connectivity index (χ1) is 12.3. The normalized spacial score (nSPS) is 12.0. The summed E-state index contributed by atoms with van der Waals surface area (Å²) in [7, 11) is -0.805. The SMILES string of the molecule is CCN(Cc1ccc(OC)cc1)S(=O)(=O)N(C)Cc1c(F)cccc1Cl. The third-order valence-corrected chi connectivity index (χ3v) is 6.34. The summed E-state index contributed by atoms with van der Waals surface area (Å²) in [4.78, 5) is 0. The zero-order valence-corrected chi connectivity index (χ0v) is 16.5. The lowest BCUT2D eigenvalue weighted by Crippen LogP contribution is -2.41. The number of rotatable bonds is 8. The van der Waals surface area contributed by atoms with Crippen molar-refractivity contribution in [3.05, 3.63) is 64.4 Å². The minimum Gasteiger partial charge on any atom is -0.497 e. The van der Waals surface area contributed by atoms with E-state index >= 15 is 0 Å². The van der Waals surface area contributed by atoms with Gasteiger partial charge in [-0.1, -0.05) is 36.7 Å². The molecule has 0 N–H and O–H groups in total. The Morgan fingerprint density at radius 2 is 1.77 bits per heavy atom. The van der Waals surface area contributed by atoms with Crippen molar-refractivity contribution in [3.8, 4) is 5.75 Å². The maximum atomic E-state index is 14.0. The molecule has 0 bridgehead atoms. The summed E-state index contributed by atoms with van der Waals surface area (Å²) in [5, 5.41) is 0.199. The zero-order chi connectivity index (χ0) is 19.3. The number of nitrogens with zero attached hydrogens (tertiary/aromatic N) is 2. The van der Waals surface area contributed by atoms with Gasteiger partial charge in [0.2, 0.25) is 0 Å². The fraction of sp³-hybridized carbons (Fsp3) is 0.333. The molecule has 0 radical (unpaired) electrons. The van der Waals surface area contributed by atoms with Crippen LogP contribution >= 0.6 is 11.6 Å². The highest BCUT2D eigenvalue weighted by molar-refractivity contribution is 7.86. The summed E-state index contributed by atoms with van der Waals surface area (Å²) in [5.74, 6) is 0.170. The average Bonchev–Trinajstić information content (AvgIpc) is 2.63. The predicted molar refractivity (Wildman–Crippen MR) is 101 cm³/mol. The van der Waals surface area contributed by atoms with Crippen LogP contribution in [0.15, 0.2) is 42.5 Å². The van der Waals surface area contributed by atoms with Crippen molar-refractivity contribution in [3.63, 3.8) is 0 Å². The molecule has 26 heavy (non-hydrogen) atoms. The van der Waals surface area contributed by atoms with E-state index in [9.17, 15) is 12.8 Å². The summed E-state index contributed by atoms with van der Waals surface area (Å²) in [5.41, 5.74) is 0.981. The van der Waals surface area contributed by atoms with E-state index in [1.807, 2.05) is 12.1 Å². The first-order valence-electron chi connectivity index (χ1n) is 8.06. The second-order valence-corrected chi connectivity index (χ2v) is 8.18. The number of hydrogen-bond acceptors (Lipinski definition) is 3. The maximum absolute atomic E-state index is 14.0. The summed E-state index contributed by atoms with van der Waals surface area (Å²) < 4.78 is 47.3. The van der Waals surface area contributed by atoms with Crippen molar-refractivity contribution < 1.29 is 17.5 Å². The number of benzene rings is 2. The van der Waals surface area contributed by atoms with Crippen molar-refractivity contribution in [2.75, 3.05) is 20.7 Å². The van der Waals surface area contributed by atoms with Gasteiger partial charge in [0.05, 0.1) is 7.11 Å². The highest BCUT2D eigenvalue weighted by atomic mass is 35.5. The van der Waals surface area contributed by atoms with Gasteiger partial charge in [-0.05, 0) is 29.8 Å². The van der Waals surface area contributed by atoms with Gasteiger partial charge in [0.15, 0.2) is 0 Å². The Morgan fingerprint density at radius 3 is 2.31 bits per heavy atom. The molecule has 0 atom stereocenters. The zero-order valence-electron chi connectivity index (χ0n) is 14.9. The largest absolute Gasteiger partial charge is 0.497 e. The van der Waals surface area contributed by atoms with E-state index < -0.39 is 16.0 Å². The van der Waals surface area contributed by atoms with Gasteiger partial charge in [0, 0.05) is 37.3 Å². The van der Waals surface area contributed by atoms with E-state index in [1.165, 1.54) is 29.6 Å². The minimum atomic E-state index is -3.79. The molecular formula is C18H22ClFN2O3S. The minimum absolute atomic E-state index is 0.146. The molecule has 0 saturated heterocycles. The van der Waals surface area contributed by atoms with E-state index in [0.29, 0.717) is 5.75 Å². The molecule has 2 aromatic carbocycles. The molecule has 0 aliphatic heterocycles. The van der Waals surface area contributed by atoms with Gasteiger partial charge in [0.1, 0.15) is 11.6 Å². The van der Waals surface area contributed by atoms with Gasteiger partial charge in [-0.2, -0.15) is 17.0 Å². The lowest BCUT2D eigenvalue weighted by atomic mass is 10.2. The molecule has 0 aliphatic carbocycles. The Hall–Kier alpha value is -1.67. The Bertz CT molecular complexity index is 824. The molecule has 2 rings (SSSR count). The first-order valence-corrected chi connectivity index (χ1v) is 9.84. The van der Waals surface area contributed by atoms with E-state index in [4.69, 9.17) is 16.3 Å². The first kappa shape index (κ1) is 20.6. The van der Waals surface area contributed by atoms with Gasteiger partial charge < -0.3 is 4.74 Å². The molecule has 2 aromatic rings. The van der Waals surface area contributed by atoms with Gasteiger partial charge in [0.25, 0.3) is 10.2 Å². The lowest BCUT2D eigenvalue weighted by Gasteiger charge is -2.27. The van der Waals surface area contributed by atoms with Gasteiger partial charge >= 0.3 is 0 Å². The molecule has 0 spiro atoms. The van der Waals surface area contributed by atoms with Gasteiger partial charge in [-0.15, -0.1) is 0 Å². The highest BCUT2D eigenvalue weighted by Crippen LogP contribution is 2.23. The van der Waals surface area contributed by atoms with Crippen LogP contribution in [0.5, 0.6) is 5.75 Å². The number of ether oxygens (including phenoxy) is 1. The number of hydrogen-bond donors (Lipinski definition) is 0. The Kier molecular flexibility index (Phi) is 7.00. The second kappa shape index (κ2) is 8.81. The van der Waals surface area contributed by atoms with E-state index in [0.717, 1.165) is 9.87 Å². The quantitative estimate of drug-likeness (QED) is 0.679. The molecular weight excluding hydrogens is 379 g/mol. The van der Waals surface area contributed by atoms with Gasteiger partial charge in [-0.25, -0.2) is 4.39 Å². The summed E-state index contributed by atoms with van der Waals surface area (Å²) >= 11 is 6.01. The Labute approximate surface area is 159 Å². The van der Waals surface area contributed by atoms with Crippen LogP contribution in [0.4, 0.5) is 4.39 Å². The summed E-state index contributed by atoms with van der Waals surface area (Å²) in [6.07, 6.45) is 0. The van der Waals surface area contributed by atoms with Gasteiger partial charge in [-0.3, -0.25) is 0 Å². The highest BCUT2D eigenvalue weighted by Gasteiger charge is 2.27. The molecule has 0 amide bonds. The van der Waals surface area contributed by atoms with E-state index in [1.54, 1.807) is 26.2 Å². The van der Waals surface area contributed by atoms with Crippen LogP contribution in [0.2, 0.25) is 5.02 Å². The fourth-order valence-corrected chi connectivity index (χ4v) is 4.02. The topological polar surface area (TPSA) is 49.9 Å². The smallest absolute Gasteiger partial charge is 0.282 e. The Balaban J connectivity index is 2.19. The van der Waals surface area contributed by atoms with Crippen molar-refractivity contribution in [2.45, 2.75) is 20.0 Å². The summed E-state index contributed by atoms with van der Waals surface area (Å²) in [6.45, 7) is 2.10. The number of halogens is 2. The molecule has 0 unspecified atom stereocenters. The van der Waals surface area contributed by atoms with Crippen LogP contribution in [0.25, 0.3) is 0 Å². The number of methoxy groups -OCH3 is 1. The molecule has 0 aliphatic rings. The Morgan fingerprint density at radius 1 is 1.12 bits per heavy atom. The van der Waals surface area contributed by atoms with E-state index in [-0.39, 0.29) is 30.2 Å². The molecule has 5 nitrogen and oxygen atoms in total. The van der Waals surface area contributed by atoms with Crippen LogP contribution in [0, 0.1) is 5.82 Å². The molecule has 0 fully saturated rings. The second-order valence-electron chi connectivity index (χ2n) is 5.74. The fourth-order valence-electron chi connectivity index (χ4n) is 2.48. The lowest BCUT2D eigenvalue weighted by molar-refractivity contribution is 0.359. The van der Waals surface area contributed by atoms with Crippen molar-refractivity contribution in [1.82, 2.24) is 8.61 Å². The maximum Gasteiger partial charge on any atom is 0.282 e. The van der Waals surface area contributed by atoms with Crippen molar-refractivity contribution >= 4 is 21.8 Å². The monoisotopic (exact) mass is 400 g/mol. The van der Waals surface area contributed by atoms with Crippen LogP contribution in [-0.2, 0) is 23.3 Å². The molecule has 0 heterocycles. The molecule has 0 aromatic heterocycles. The van der Waals surface area contributed by atoms with Crippen LogP contribution in [-0.4, -0.2) is 37.7 Å².